The molecule has 0 saturated carbocycles. The van der Waals surface area contributed by atoms with Gasteiger partial charge in [0.2, 0.25) is 0 Å². The Morgan fingerprint density at radius 3 is 2.25 bits per heavy atom. The van der Waals surface area contributed by atoms with Crippen LogP contribution in [0.3, 0.4) is 0 Å². The molecule has 20 heavy (non-hydrogen) atoms. The fraction of sp³-hybridized carbons (Fsp3) is 0.750. The first kappa shape index (κ1) is 16.2. The van der Waals surface area contributed by atoms with Crippen molar-refractivity contribution in [2.24, 2.45) is 0 Å². The highest BCUT2D eigenvalue weighted by Crippen LogP contribution is 2.16. The Hall–Kier alpha value is -1.83. The van der Waals surface area contributed by atoms with E-state index in [0.29, 0.717) is 19.6 Å². The van der Waals surface area contributed by atoms with Crippen LogP contribution in [0.1, 0.15) is 20.3 Å². The molecule has 1 aliphatic rings. The fourth-order valence-corrected chi connectivity index (χ4v) is 2.12. The zero-order valence-electron chi connectivity index (χ0n) is 11.6. The molecular weight excluding hydrogens is 268 g/mol. The average molecular weight is 288 g/mol. The van der Waals surface area contributed by atoms with Crippen LogP contribution in [-0.4, -0.2) is 76.4 Å². The number of nitrogens with zero attached hydrogens (tertiary/aromatic N) is 2. The minimum absolute atomic E-state index is 0.154. The molecule has 0 spiro atoms. The van der Waals surface area contributed by atoms with Crippen LogP contribution >= 0.6 is 0 Å². The Balaban J connectivity index is 2.84. The topological polar surface area (TPSA) is 107 Å². The summed E-state index contributed by atoms with van der Waals surface area (Å²) >= 11 is 0. The summed E-state index contributed by atoms with van der Waals surface area (Å²) in [6.45, 7) is 3.14. The Morgan fingerprint density at radius 1 is 1.25 bits per heavy atom. The number of carboxylic acid groups (broad SMARTS) is 2. The van der Waals surface area contributed by atoms with Crippen LogP contribution in [0.2, 0.25) is 0 Å². The quantitative estimate of drug-likeness (QED) is 0.741. The maximum Gasteiger partial charge on any atom is 0.323 e. The second kappa shape index (κ2) is 7.09. The number of carbonyl (C=O) groups is 3. The van der Waals surface area contributed by atoms with Crippen molar-refractivity contribution in [2.45, 2.75) is 32.4 Å². The first-order valence-electron chi connectivity index (χ1n) is 6.45. The molecule has 1 aliphatic heterocycles. The summed E-state index contributed by atoms with van der Waals surface area (Å²) in [6, 6.07) is -0.736. The van der Waals surface area contributed by atoms with Crippen molar-refractivity contribution in [1.29, 1.82) is 0 Å². The Labute approximate surface area is 116 Å². The summed E-state index contributed by atoms with van der Waals surface area (Å²) in [5.74, 6) is -2.48. The molecule has 1 heterocycles. The molecule has 0 radical (unpaired) electrons. The third-order valence-electron chi connectivity index (χ3n) is 3.11. The predicted molar refractivity (Wildman–Crippen MR) is 68.4 cm³/mol. The van der Waals surface area contributed by atoms with E-state index < -0.39 is 31.1 Å². The van der Waals surface area contributed by atoms with Gasteiger partial charge in [-0.15, -0.1) is 0 Å². The predicted octanol–water partition coefficient (Wildman–Crippen LogP) is 0.0769. The van der Waals surface area contributed by atoms with E-state index in [1.807, 2.05) is 13.8 Å². The highest BCUT2D eigenvalue weighted by Gasteiger charge is 2.33. The molecule has 0 aromatic rings. The summed E-state index contributed by atoms with van der Waals surface area (Å²) in [5.41, 5.74) is 0. The van der Waals surface area contributed by atoms with Gasteiger partial charge in [-0.3, -0.25) is 9.59 Å². The normalized spacial score (nSPS) is 22.4. The van der Waals surface area contributed by atoms with Crippen molar-refractivity contribution in [3.63, 3.8) is 0 Å². The number of hydrogen-bond donors (Lipinski definition) is 2. The fourth-order valence-electron chi connectivity index (χ4n) is 2.12. The Morgan fingerprint density at radius 2 is 1.80 bits per heavy atom. The molecule has 2 amide bonds. The molecule has 114 valence electrons. The number of ether oxygens (including phenoxy) is 1. The number of urea groups is 1. The van der Waals surface area contributed by atoms with Crippen LogP contribution in [0, 0.1) is 0 Å². The van der Waals surface area contributed by atoms with Gasteiger partial charge < -0.3 is 24.7 Å². The molecule has 0 aromatic heterocycles. The highest BCUT2D eigenvalue weighted by atomic mass is 16.5. The summed E-state index contributed by atoms with van der Waals surface area (Å²) in [4.78, 5) is 36.2. The zero-order valence-corrected chi connectivity index (χ0v) is 11.6. The van der Waals surface area contributed by atoms with Gasteiger partial charge in [-0.2, -0.15) is 0 Å². The van der Waals surface area contributed by atoms with Gasteiger partial charge in [0.05, 0.1) is 18.8 Å². The van der Waals surface area contributed by atoms with Crippen LogP contribution in [0.15, 0.2) is 0 Å². The standard InChI is InChI=1S/C12H20N2O6/c1-3-9-7-20-8(2)4-14(9)12(19)13(5-10(15)16)6-11(17)18/h8-9H,3-7H2,1-2H3,(H,15,16)(H,17,18). The molecule has 1 saturated heterocycles. The van der Waals surface area contributed by atoms with E-state index in [1.54, 1.807) is 0 Å². The third-order valence-corrected chi connectivity index (χ3v) is 3.11. The number of carboxylic acids is 2. The summed E-state index contributed by atoms with van der Waals surface area (Å²) in [7, 11) is 0. The van der Waals surface area contributed by atoms with Gasteiger partial charge >= 0.3 is 18.0 Å². The summed E-state index contributed by atoms with van der Waals surface area (Å²) in [6.07, 6.45) is 0.505. The van der Waals surface area contributed by atoms with Crippen LogP contribution in [0.4, 0.5) is 4.79 Å². The smallest absolute Gasteiger partial charge is 0.323 e. The molecule has 2 N–H and O–H groups in total. The molecule has 1 fully saturated rings. The number of morpholine rings is 1. The molecular formula is C12H20N2O6. The van der Waals surface area contributed by atoms with Crippen LogP contribution < -0.4 is 0 Å². The maximum atomic E-state index is 12.4. The molecule has 8 heteroatoms. The van der Waals surface area contributed by atoms with Crippen molar-refractivity contribution in [3.05, 3.63) is 0 Å². The van der Waals surface area contributed by atoms with E-state index in [0.717, 1.165) is 4.90 Å². The van der Waals surface area contributed by atoms with Crippen LogP contribution in [0.25, 0.3) is 0 Å². The molecule has 8 nitrogen and oxygen atoms in total. The van der Waals surface area contributed by atoms with Gasteiger partial charge in [0.1, 0.15) is 13.1 Å². The van der Waals surface area contributed by atoms with Gasteiger partial charge in [-0.25, -0.2) is 4.79 Å². The minimum atomic E-state index is -1.24. The van der Waals surface area contributed by atoms with E-state index >= 15 is 0 Å². The second-order valence-corrected chi connectivity index (χ2v) is 4.78. The first-order chi connectivity index (χ1) is 9.35. The van der Waals surface area contributed by atoms with E-state index in [1.165, 1.54) is 4.90 Å². The lowest BCUT2D eigenvalue weighted by atomic mass is 10.1. The number of rotatable bonds is 5. The average Bonchev–Trinajstić information content (AvgIpc) is 2.36. The minimum Gasteiger partial charge on any atom is -0.480 e. The van der Waals surface area contributed by atoms with Crippen molar-refractivity contribution in [3.8, 4) is 0 Å². The van der Waals surface area contributed by atoms with Gasteiger partial charge in [0, 0.05) is 6.54 Å². The number of aliphatic carboxylic acids is 2. The second-order valence-electron chi connectivity index (χ2n) is 4.78. The van der Waals surface area contributed by atoms with Crippen molar-refractivity contribution < 1.29 is 29.3 Å². The van der Waals surface area contributed by atoms with E-state index in [-0.39, 0.29) is 12.1 Å². The summed E-state index contributed by atoms with van der Waals surface area (Å²) in [5, 5.41) is 17.6. The van der Waals surface area contributed by atoms with Gasteiger partial charge in [0.25, 0.3) is 0 Å². The first-order valence-corrected chi connectivity index (χ1v) is 6.45. The maximum absolute atomic E-state index is 12.4. The van der Waals surface area contributed by atoms with Crippen molar-refractivity contribution in [1.82, 2.24) is 9.80 Å². The lowest BCUT2D eigenvalue weighted by molar-refractivity contribution is -0.141. The molecule has 0 aromatic carbocycles. The van der Waals surface area contributed by atoms with Crippen molar-refractivity contribution >= 4 is 18.0 Å². The SMILES string of the molecule is CCC1COC(C)CN1C(=O)N(CC(=O)O)CC(=O)O. The number of carbonyl (C=O) groups excluding carboxylic acids is 1. The molecule has 2 unspecified atom stereocenters. The number of amides is 2. The molecule has 1 rings (SSSR count). The molecule has 0 bridgehead atoms. The van der Waals surface area contributed by atoms with Gasteiger partial charge in [-0.1, -0.05) is 6.92 Å². The van der Waals surface area contributed by atoms with Crippen LogP contribution in [0.5, 0.6) is 0 Å². The molecule has 2 atom stereocenters. The lowest BCUT2D eigenvalue weighted by Gasteiger charge is -2.40. The Bertz CT molecular complexity index is 370. The Kier molecular flexibility index (Phi) is 5.75. The van der Waals surface area contributed by atoms with Crippen molar-refractivity contribution in [2.75, 3.05) is 26.2 Å². The van der Waals surface area contributed by atoms with Gasteiger partial charge in [-0.05, 0) is 13.3 Å². The highest BCUT2D eigenvalue weighted by molar-refractivity contribution is 5.84. The lowest BCUT2D eigenvalue weighted by Crippen LogP contribution is -2.56. The zero-order chi connectivity index (χ0) is 15.3. The monoisotopic (exact) mass is 288 g/mol. The van der Waals surface area contributed by atoms with E-state index in [2.05, 4.69) is 0 Å². The molecule has 0 aliphatic carbocycles. The van der Waals surface area contributed by atoms with E-state index in [4.69, 9.17) is 14.9 Å². The van der Waals surface area contributed by atoms with Crippen LogP contribution in [-0.2, 0) is 14.3 Å². The third kappa shape index (κ3) is 4.37. The number of hydrogen-bond acceptors (Lipinski definition) is 4. The largest absolute Gasteiger partial charge is 0.480 e. The van der Waals surface area contributed by atoms with E-state index in [9.17, 15) is 14.4 Å². The van der Waals surface area contributed by atoms with Gasteiger partial charge in [0.15, 0.2) is 0 Å². The summed E-state index contributed by atoms with van der Waals surface area (Å²) < 4.78 is 5.46.